The first-order valence-electron chi connectivity index (χ1n) is 7.85. The van der Waals surface area contributed by atoms with Gasteiger partial charge in [0.25, 0.3) is 0 Å². The molecule has 1 aromatic heterocycles. The molecule has 1 atom stereocenters. The van der Waals surface area contributed by atoms with E-state index < -0.39 is 17.7 Å². The summed E-state index contributed by atoms with van der Waals surface area (Å²) in [7, 11) is 0. The van der Waals surface area contributed by atoms with Crippen LogP contribution in [-0.2, 0) is 22.5 Å². The second kappa shape index (κ2) is 5.41. The first kappa shape index (κ1) is 15.6. The molecule has 0 aliphatic carbocycles. The number of aromatic nitrogens is 1. The van der Waals surface area contributed by atoms with Gasteiger partial charge >= 0.3 is 6.09 Å². The molecule has 0 radical (unpaired) electrons. The van der Waals surface area contributed by atoms with Gasteiger partial charge in [-0.1, -0.05) is 18.2 Å². The highest BCUT2D eigenvalue weighted by molar-refractivity contribution is 5.90. The Balaban J connectivity index is 1.98. The fourth-order valence-corrected chi connectivity index (χ4v) is 3.08. The van der Waals surface area contributed by atoms with Crippen molar-refractivity contribution in [3.63, 3.8) is 0 Å². The molecule has 5 nitrogen and oxygen atoms in total. The summed E-state index contributed by atoms with van der Waals surface area (Å²) in [6.45, 7) is 7.37. The lowest BCUT2D eigenvalue weighted by molar-refractivity contribution is -0.122. The highest BCUT2D eigenvalue weighted by Gasteiger charge is 2.36. The van der Waals surface area contributed by atoms with E-state index in [-0.39, 0.29) is 5.78 Å². The normalized spacial score (nSPS) is 17.9. The summed E-state index contributed by atoms with van der Waals surface area (Å²) in [5.74, 6) is -0.0215. The molecule has 1 aliphatic rings. The van der Waals surface area contributed by atoms with Crippen molar-refractivity contribution in [1.82, 2.24) is 9.88 Å². The summed E-state index contributed by atoms with van der Waals surface area (Å²) in [6, 6.07) is 7.54. The van der Waals surface area contributed by atoms with E-state index in [0.29, 0.717) is 13.0 Å². The second-order valence-electron chi connectivity index (χ2n) is 7.07. The molecule has 1 aromatic carbocycles. The van der Waals surface area contributed by atoms with Crippen molar-refractivity contribution in [2.75, 3.05) is 0 Å². The zero-order valence-corrected chi connectivity index (χ0v) is 14.0. The van der Waals surface area contributed by atoms with Crippen LogP contribution < -0.4 is 0 Å². The van der Waals surface area contributed by atoms with Gasteiger partial charge in [0.1, 0.15) is 5.60 Å². The van der Waals surface area contributed by atoms with Gasteiger partial charge in [-0.25, -0.2) is 4.79 Å². The molecule has 23 heavy (non-hydrogen) atoms. The number of ketones is 1. The lowest BCUT2D eigenvalue weighted by Crippen LogP contribution is -2.49. The van der Waals surface area contributed by atoms with Crippen LogP contribution in [0.2, 0.25) is 0 Å². The number of benzene rings is 1. The number of amides is 1. The van der Waals surface area contributed by atoms with Crippen LogP contribution >= 0.6 is 0 Å². The topological polar surface area (TPSA) is 62.4 Å². The summed E-state index contributed by atoms with van der Waals surface area (Å²) in [5.41, 5.74) is 2.56. The Kier molecular flexibility index (Phi) is 3.66. The fourth-order valence-electron chi connectivity index (χ4n) is 3.08. The smallest absolute Gasteiger partial charge is 0.411 e. The number of nitrogens with one attached hydrogen (secondary N) is 1. The van der Waals surface area contributed by atoms with E-state index in [2.05, 4.69) is 4.98 Å². The largest absolute Gasteiger partial charge is 0.444 e. The van der Waals surface area contributed by atoms with Crippen molar-refractivity contribution in [3.05, 3.63) is 35.5 Å². The number of hydrogen-bond acceptors (Lipinski definition) is 3. The molecule has 122 valence electrons. The van der Waals surface area contributed by atoms with Crippen molar-refractivity contribution >= 4 is 22.8 Å². The maximum Gasteiger partial charge on any atom is 0.411 e. The molecule has 2 aromatic rings. The molecular formula is C18H22N2O3. The van der Waals surface area contributed by atoms with Crippen LogP contribution in [0.1, 0.15) is 39.0 Å². The molecule has 1 amide bonds. The maximum absolute atomic E-state index is 12.5. The number of H-pyrrole nitrogens is 1. The SMILES string of the molecule is CC(=O)[C@@H]1Cc2c([nH]c3ccccc23)CN1C(=O)OC(C)(C)C. The van der Waals surface area contributed by atoms with E-state index >= 15 is 0 Å². The molecule has 0 bridgehead atoms. The number of hydrogen-bond donors (Lipinski definition) is 1. The van der Waals surface area contributed by atoms with Crippen molar-refractivity contribution in [2.45, 2.75) is 52.3 Å². The third-order valence-corrected chi connectivity index (χ3v) is 4.10. The van der Waals surface area contributed by atoms with Gasteiger partial charge in [0.05, 0.1) is 12.6 Å². The van der Waals surface area contributed by atoms with E-state index in [0.717, 1.165) is 22.2 Å². The van der Waals surface area contributed by atoms with Gasteiger partial charge in [0, 0.05) is 23.0 Å². The number of fused-ring (bicyclic) bond motifs is 3. The van der Waals surface area contributed by atoms with Crippen molar-refractivity contribution in [3.8, 4) is 0 Å². The number of aromatic amines is 1. The van der Waals surface area contributed by atoms with Gasteiger partial charge < -0.3 is 9.72 Å². The molecule has 0 fully saturated rings. The summed E-state index contributed by atoms with van der Waals surface area (Å²) in [5, 5.41) is 1.12. The zero-order chi connectivity index (χ0) is 16.8. The Morgan fingerprint density at radius 2 is 1.96 bits per heavy atom. The second-order valence-corrected chi connectivity index (χ2v) is 7.07. The van der Waals surface area contributed by atoms with Gasteiger partial charge in [0.15, 0.2) is 5.78 Å². The third-order valence-electron chi connectivity index (χ3n) is 4.10. The molecule has 3 rings (SSSR count). The molecule has 2 heterocycles. The van der Waals surface area contributed by atoms with E-state index in [1.165, 1.54) is 11.8 Å². The number of para-hydroxylation sites is 1. The van der Waals surface area contributed by atoms with Gasteiger partial charge in [-0.3, -0.25) is 9.69 Å². The van der Waals surface area contributed by atoms with Gasteiger partial charge in [-0.05, 0) is 39.3 Å². The number of rotatable bonds is 1. The van der Waals surface area contributed by atoms with Crippen molar-refractivity contribution < 1.29 is 14.3 Å². The summed E-state index contributed by atoms with van der Waals surface area (Å²) in [4.78, 5) is 29.5. The Morgan fingerprint density at radius 1 is 1.26 bits per heavy atom. The van der Waals surface area contributed by atoms with E-state index in [1.54, 1.807) is 0 Å². The van der Waals surface area contributed by atoms with Crippen LogP contribution in [-0.4, -0.2) is 33.4 Å². The monoisotopic (exact) mass is 314 g/mol. The molecule has 1 aliphatic heterocycles. The van der Waals surface area contributed by atoms with Crippen molar-refractivity contribution in [1.29, 1.82) is 0 Å². The van der Waals surface area contributed by atoms with Gasteiger partial charge in [0.2, 0.25) is 0 Å². The fraction of sp³-hybridized carbons (Fsp3) is 0.444. The Labute approximate surface area is 135 Å². The van der Waals surface area contributed by atoms with Gasteiger partial charge in [-0.2, -0.15) is 0 Å². The van der Waals surface area contributed by atoms with Crippen LogP contribution in [0.15, 0.2) is 24.3 Å². The molecule has 1 N–H and O–H groups in total. The number of nitrogens with zero attached hydrogens (tertiary/aromatic N) is 1. The molecule has 0 spiro atoms. The van der Waals surface area contributed by atoms with Crippen LogP contribution in [0.3, 0.4) is 0 Å². The minimum absolute atomic E-state index is 0.0215. The third kappa shape index (κ3) is 2.96. The average molecular weight is 314 g/mol. The Bertz CT molecular complexity index is 770. The zero-order valence-electron chi connectivity index (χ0n) is 14.0. The highest BCUT2D eigenvalue weighted by atomic mass is 16.6. The van der Waals surface area contributed by atoms with Crippen molar-refractivity contribution in [2.24, 2.45) is 0 Å². The predicted octanol–water partition coefficient (Wildman–Crippen LogP) is 3.42. The van der Waals surface area contributed by atoms with E-state index in [9.17, 15) is 9.59 Å². The number of carbonyl (C=O) groups is 2. The van der Waals surface area contributed by atoms with Crippen LogP contribution in [0.4, 0.5) is 4.79 Å². The predicted molar refractivity (Wildman–Crippen MR) is 88.2 cm³/mol. The Hall–Kier alpha value is -2.30. The molecule has 0 saturated heterocycles. The standard InChI is InChI=1S/C18H22N2O3/c1-11(21)16-9-13-12-7-5-6-8-14(12)19-15(13)10-20(16)17(22)23-18(2,3)4/h5-8,16,19H,9-10H2,1-4H3/t16-/m0/s1. The Morgan fingerprint density at radius 3 is 2.61 bits per heavy atom. The van der Waals surface area contributed by atoms with Crippen LogP contribution in [0.5, 0.6) is 0 Å². The lowest BCUT2D eigenvalue weighted by Gasteiger charge is -2.35. The number of ether oxygens (including phenoxy) is 1. The first-order valence-corrected chi connectivity index (χ1v) is 7.85. The minimum Gasteiger partial charge on any atom is -0.444 e. The number of Topliss-reactive ketones (excluding diaryl/α,β-unsaturated/α-hetero) is 1. The maximum atomic E-state index is 12.5. The summed E-state index contributed by atoms with van der Waals surface area (Å²) < 4.78 is 5.47. The van der Waals surface area contributed by atoms with Crippen LogP contribution in [0.25, 0.3) is 10.9 Å². The average Bonchev–Trinajstić information content (AvgIpc) is 2.81. The molecule has 5 heteroatoms. The minimum atomic E-state index is -0.584. The molecule has 0 unspecified atom stereocenters. The summed E-state index contributed by atoms with van der Waals surface area (Å²) in [6.07, 6.45) is 0.0792. The van der Waals surface area contributed by atoms with Crippen LogP contribution in [0, 0.1) is 0 Å². The van der Waals surface area contributed by atoms with E-state index in [1.807, 2.05) is 45.0 Å². The lowest BCUT2D eigenvalue weighted by atomic mass is 9.95. The highest BCUT2D eigenvalue weighted by Crippen LogP contribution is 2.31. The quantitative estimate of drug-likeness (QED) is 0.877. The molecular weight excluding hydrogens is 292 g/mol. The molecule has 0 saturated carbocycles. The summed E-state index contributed by atoms with van der Waals surface area (Å²) >= 11 is 0. The first-order chi connectivity index (χ1) is 10.8. The van der Waals surface area contributed by atoms with E-state index in [4.69, 9.17) is 4.74 Å². The number of carbonyl (C=O) groups excluding carboxylic acids is 2. The van der Waals surface area contributed by atoms with Gasteiger partial charge in [-0.15, -0.1) is 0 Å².